The SMILES string of the molecule is CCOC(=O)COCCOCCOCCOCCOCCOSI. The van der Waals surface area contributed by atoms with E-state index in [4.69, 9.17) is 32.6 Å². The highest BCUT2D eigenvalue weighted by molar-refractivity contribution is 14.2. The first-order valence-electron chi connectivity index (χ1n) is 7.75. The predicted octanol–water partition coefficient (Wildman–Crippen LogP) is 1.65. The summed E-state index contributed by atoms with van der Waals surface area (Å²) in [4.78, 5) is 11.0. The van der Waals surface area contributed by atoms with Crippen molar-refractivity contribution in [2.45, 2.75) is 6.92 Å². The van der Waals surface area contributed by atoms with Crippen LogP contribution in [0.25, 0.3) is 0 Å². The molecule has 144 valence electrons. The van der Waals surface area contributed by atoms with Crippen LogP contribution in [0.15, 0.2) is 0 Å². The van der Waals surface area contributed by atoms with E-state index in [1.54, 1.807) is 6.92 Å². The van der Waals surface area contributed by atoms with E-state index < -0.39 is 0 Å². The average molecular weight is 482 g/mol. The summed E-state index contributed by atoms with van der Waals surface area (Å²) in [6, 6.07) is 0. The van der Waals surface area contributed by atoms with E-state index >= 15 is 0 Å². The molecule has 0 amide bonds. The number of hydrogen-bond acceptors (Lipinski definition) is 9. The Morgan fingerprint density at radius 1 is 0.750 bits per heavy atom. The van der Waals surface area contributed by atoms with Gasteiger partial charge in [0, 0.05) is 21.2 Å². The lowest BCUT2D eigenvalue weighted by molar-refractivity contribution is -0.149. The van der Waals surface area contributed by atoms with Crippen molar-refractivity contribution in [2.75, 3.05) is 79.3 Å². The number of carbonyl (C=O) groups excluding carboxylic acids is 1. The zero-order chi connectivity index (χ0) is 17.7. The molecule has 0 aliphatic carbocycles. The van der Waals surface area contributed by atoms with Gasteiger partial charge in [0.1, 0.15) is 6.61 Å². The summed E-state index contributed by atoms with van der Waals surface area (Å²) in [6.07, 6.45) is 0. The molecule has 0 saturated heterocycles. The molecule has 0 aliphatic rings. The van der Waals surface area contributed by atoms with Gasteiger partial charge < -0.3 is 32.6 Å². The molecule has 0 heterocycles. The first-order valence-corrected chi connectivity index (χ1v) is 11.0. The maximum absolute atomic E-state index is 11.0. The Bertz CT molecular complexity index is 273. The zero-order valence-electron chi connectivity index (χ0n) is 14.0. The van der Waals surface area contributed by atoms with Gasteiger partial charge in [0.15, 0.2) is 0 Å². The minimum atomic E-state index is -0.362. The topological polar surface area (TPSA) is 81.7 Å². The Hall–Kier alpha value is 0.310. The highest BCUT2D eigenvalue weighted by Crippen LogP contribution is 2.10. The van der Waals surface area contributed by atoms with Gasteiger partial charge in [0.05, 0.1) is 81.9 Å². The Morgan fingerprint density at radius 2 is 1.17 bits per heavy atom. The molecule has 0 bridgehead atoms. The summed E-state index contributed by atoms with van der Waals surface area (Å²) < 4.78 is 36.1. The molecule has 0 aliphatic heterocycles. The molecular formula is C14H27IO8S. The van der Waals surface area contributed by atoms with Crippen molar-refractivity contribution in [1.82, 2.24) is 0 Å². The van der Waals surface area contributed by atoms with E-state index in [0.717, 1.165) is 0 Å². The second-order valence-electron chi connectivity index (χ2n) is 4.19. The van der Waals surface area contributed by atoms with Gasteiger partial charge in [0.2, 0.25) is 0 Å². The van der Waals surface area contributed by atoms with Crippen LogP contribution in [0.4, 0.5) is 0 Å². The average Bonchev–Trinajstić information content (AvgIpc) is 2.58. The summed E-state index contributed by atoms with van der Waals surface area (Å²) in [6.45, 7) is 7.05. The molecule has 0 fully saturated rings. The Labute approximate surface area is 159 Å². The standard InChI is InChI=1S/C14H27IO8S/c1-2-22-14(16)13-21-10-9-19-6-5-17-3-4-18-7-8-20-11-12-23-24-15/h2-13H2,1H3. The van der Waals surface area contributed by atoms with Gasteiger partial charge in [-0.3, -0.25) is 0 Å². The van der Waals surface area contributed by atoms with Crippen LogP contribution >= 0.6 is 30.4 Å². The van der Waals surface area contributed by atoms with Crippen LogP contribution in [0, 0.1) is 0 Å². The molecule has 10 heteroatoms. The van der Waals surface area contributed by atoms with E-state index in [0.29, 0.717) is 72.7 Å². The monoisotopic (exact) mass is 482 g/mol. The predicted molar refractivity (Wildman–Crippen MR) is 98.3 cm³/mol. The number of ether oxygens (including phenoxy) is 6. The van der Waals surface area contributed by atoms with Gasteiger partial charge in [-0.25, -0.2) is 4.79 Å². The van der Waals surface area contributed by atoms with Crippen molar-refractivity contribution in [3.8, 4) is 0 Å². The normalized spacial score (nSPS) is 10.9. The zero-order valence-corrected chi connectivity index (χ0v) is 17.0. The van der Waals surface area contributed by atoms with Crippen molar-refractivity contribution in [3.63, 3.8) is 0 Å². The first kappa shape index (κ1) is 24.3. The lowest BCUT2D eigenvalue weighted by Gasteiger charge is -2.07. The van der Waals surface area contributed by atoms with Gasteiger partial charge in [0.25, 0.3) is 0 Å². The van der Waals surface area contributed by atoms with Crippen LogP contribution in [0.5, 0.6) is 0 Å². The quantitative estimate of drug-likeness (QED) is 0.118. The molecule has 0 N–H and O–H groups in total. The fourth-order valence-corrected chi connectivity index (χ4v) is 2.03. The summed E-state index contributed by atoms with van der Waals surface area (Å²) >= 11 is 2.06. The third-order valence-electron chi connectivity index (χ3n) is 2.37. The second-order valence-corrected chi connectivity index (χ2v) is 5.63. The van der Waals surface area contributed by atoms with E-state index in [2.05, 4.69) is 21.2 Å². The first-order chi connectivity index (χ1) is 11.8. The summed E-state index contributed by atoms with van der Waals surface area (Å²) in [7, 11) is 1.30. The lowest BCUT2D eigenvalue weighted by Crippen LogP contribution is -2.16. The molecule has 0 aromatic heterocycles. The van der Waals surface area contributed by atoms with Crippen LogP contribution < -0.4 is 0 Å². The minimum absolute atomic E-state index is 0.0426. The van der Waals surface area contributed by atoms with Gasteiger partial charge in [-0.1, -0.05) is 0 Å². The maximum atomic E-state index is 11.0. The molecule has 0 spiro atoms. The Kier molecular flexibility index (Phi) is 21.6. The van der Waals surface area contributed by atoms with Gasteiger partial charge in [-0.2, -0.15) is 0 Å². The molecule has 0 aromatic rings. The van der Waals surface area contributed by atoms with Crippen LogP contribution in [-0.2, 0) is 37.4 Å². The molecule has 24 heavy (non-hydrogen) atoms. The highest BCUT2D eigenvalue weighted by atomic mass is 127. The van der Waals surface area contributed by atoms with E-state index in [9.17, 15) is 4.79 Å². The van der Waals surface area contributed by atoms with Crippen molar-refractivity contribution in [3.05, 3.63) is 0 Å². The minimum Gasteiger partial charge on any atom is -0.464 e. The number of rotatable bonds is 19. The maximum Gasteiger partial charge on any atom is 0.332 e. The number of halogens is 1. The van der Waals surface area contributed by atoms with Crippen molar-refractivity contribution >= 4 is 36.4 Å². The van der Waals surface area contributed by atoms with Crippen LogP contribution in [0.3, 0.4) is 0 Å². The summed E-state index contributed by atoms with van der Waals surface area (Å²) in [5.74, 6) is -0.362. The fraction of sp³-hybridized carbons (Fsp3) is 0.929. The molecule has 0 atom stereocenters. The van der Waals surface area contributed by atoms with Gasteiger partial charge in [-0.05, 0) is 6.92 Å². The number of esters is 1. The fourth-order valence-electron chi connectivity index (χ4n) is 1.36. The Balaban J connectivity index is 3.01. The molecule has 0 unspecified atom stereocenters. The van der Waals surface area contributed by atoms with E-state index in [1.165, 1.54) is 9.21 Å². The van der Waals surface area contributed by atoms with E-state index in [1.807, 2.05) is 0 Å². The molecule has 0 saturated carbocycles. The molecule has 8 nitrogen and oxygen atoms in total. The Morgan fingerprint density at radius 3 is 1.58 bits per heavy atom. The van der Waals surface area contributed by atoms with Gasteiger partial charge >= 0.3 is 5.97 Å². The summed E-state index contributed by atoms with van der Waals surface area (Å²) in [5.41, 5.74) is 0. The second kappa shape index (κ2) is 21.4. The number of carbonyl (C=O) groups is 1. The third-order valence-corrected chi connectivity index (χ3v) is 3.39. The number of hydrogen-bond donors (Lipinski definition) is 0. The van der Waals surface area contributed by atoms with Crippen LogP contribution in [0.2, 0.25) is 0 Å². The van der Waals surface area contributed by atoms with Crippen molar-refractivity contribution in [1.29, 1.82) is 0 Å². The molecule has 0 radical (unpaired) electrons. The van der Waals surface area contributed by atoms with E-state index in [-0.39, 0.29) is 12.6 Å². The molecule has 0 aromatic carbocycles. The smallest absolute Gasteiger partial charge is 0.332 e. The van der Waals surface area contributed by atoms with Crippen LogP contribution in [0.1, 0.15) is 6.92 Å². The lowest BCUT2D eigenvalue weighted by atomic mass is 10.6. The van der Waals surface area contributed by atoms with Crippen LogP contribution in [-0.4, -0.2) is 85.3 Å². The largest absolute Gasteiger partial charge is 0.464 e. The van der Waals surface area contributed by atoms with Gasteiger partial charge in [-0.15, -0.1) is 0 Å². The summed E-state index contributed by atoms with van der Waals surface area (Å²) in [5, 5.41) is 0. The van der Waals surface area contributed by atoms with Crippen molar-refractivity contribution < 1.29 is 37.4 Å². The third kappa shape index (κ3) is 20.4. The molecular weight excluding hydrogens is 455 g/mol. The molecule has 0 rings (SSSR count). The van der Waals surface area contributed by atoms with Crippen molar-refractivity contribution in [2.24, 2.45) is 0 Å². The highest BCUT2D eigenvalue weighted by Gasteiger charge is 2.00.